The van der Waals surface area contributed by atoms with Crippen molar-refractivity contribution in [1.29, 1.82) is 0 Å². The summed E-state index contributed by atoms with van der Waals surface area (Å²) in [4.78, 5) is 22.3. The van der Waals surface area contributed by atoms with Crippen LogP contribution < -0.4 is 14.8 Å². The van der Waals surface area contributed by atoms with E-state index in [0.29, 0.717) is 18.0 Å². The molecule has 2 rings (SSSR count). The van der Waals surface area contributed by atoms with Gasteiger partial charge in [-0.2, -0.15) is 0 Å². The highest BCUT2D eigenvalue weighted by molar-refractivity contribution is 5.93. The molecular formula is C18H20N2O5. The highest BCUT2D eigenvalue weighted by Crippen LogP contribution is 2.22. The lowest BCUT2D eigenvalue weighted by molar-refractivity contribution is -0.384. The number of non-ortho nitro benzene ring substituents is 1. The minimum absolute atomic E-state index is 0.0792. The summed E-state index contributed by atoms with van der Waals surface area (Å²) in [6.07, 6.45) is 0.926. The highest BCUT2D eigenvalue weighted by Gasteiger charge is 2.11. The second-order valence-corrected chi connectivity index (χ2v) is 5.41. The van der Waals surface area contributed by atoms with Crippen LogP contribution in [-0.4, -0.2) is 24.0 Å². The fourth-order valence-corrected chi connectivity index (χ4v) is 2.05. The Morgan fingerprint density at radius 2 is 1.76 bits per heavy atom. The van der Waals surface area contributed by atoms with Crippen molar-refractivity contribution < 1.29 is 19.2 Å². The van der Waals surface area contributed by atoms with Gasteiger partial charge in [-0.15, -0.1) is 0 Å². The minimum Gasteiger partial charge on any atom is -0.494 e. The fourth-order valence-electron chi connectivity index (χ4n) is 2.05. The van der Waals surface area contributed by atoms with Crippen LogP contribution in [0.15, 0.2) is 42.5 Å². The lowest BCUT2D eigenvalue weighted by atomic mass is 10.2. The molecule has 1 amide bonds. The summed E-state index contributed by atoms with van der Waals surface area (Å²) in [5.41, 5.74) is 1.05. The number of nitro benzene ring substituents is 1. The molecule has 132 valence electrons. The van der Waals surface area contributed by atoms with Crippen molar-refractivity contribution in [1.82, 2.24) is 0 Å². The van der Waals surface area contributed by atoms with Gasteiger partial charge in [-0.25, -0.2) is 0 Å². The molecule has 2 aromatic carbocycles. The van der Waals surface area contributed by atoms with Crippen LogP contribution in [0.4, 0.5) is 11.4 Å². The molecule has 25 heavy (non-hydrogen) atoms. The minimum atomic E-state index is -0.506. The first-order valence-electron chi connectivity index (χ1n) is 7.90. The first-order chi connectivity index (χ1) is 12.0. The fraction of sp³-hybridized carbons (Fsp3) is 0.278. The lowest BCUT2D eigenvalue weighted by Gasteiger charge is -2.10. The maximum atomic E-state index is 12.0. The largest absolute Gasteiger partial charge is 0.494 e. The molecule has 0 radical (unpaired) electrons. The summed E-state index contributed by atoms with van der Waals surface area (Å²) in [6, 6.07) is 11.3. The van der Waals surface area contributed by atoms with Gasteiger partial charge >= 0.3 is 0 Å². The van der Waals surface area contributed by atoms with Gasteiger partial charge in [0.15, 0.2) is 6.61 Å². The van der Waals surface area contributed by atoms with Crippen molar-refractivity contribution in [2.45, 2.75) is 20.3 Å². The van der Waals surface area contributed by atoms with Crippen molar-refractivity contribution in [3.8, 4) is 11.5 Å². The van der Waals surface area contributed by atoms with Gasteiger partial charge in [-0.3, -0.25) is 14.9 Å². The number of benzene rings is 2. The average Bonchev–Trinajstić information content (AvgIpc) is 2.60. The number of anilines is 1. The van der Waals surface area contributed by atoms with E-state index in [-0.39, 0.29) is 12.3 Å². The van der Waals surface area contributed by atoms with E-state index >= 15 is 0 Å². The highest BCUT2D eigenvalue weighted by atomic mass is 16.6. The molecule has 0 aromatic heterocycles. The summed E-state index contributed by atoms with van der Waals surface area (Å²) >= 11 is 0. The molecule has 0 fully saturated rings. The standard InChI is InChI=1S/C18H20N2O5/c1-3-10-24-15-6-8-16(9-7-15)25-12-18(21)19-17-11-14(20(22)23)5-4-13(17)2/h4-9,11H,3,10,12H2,1-2H3,(H,19,21). The van der Waals surface area contributed by atoms with Gasteiger partial charge < -0.3 is 14.8 Å². The molecule has 2 aromatic rings. The third kappa shape index (κ3) is 5.49. The van der Waals surface area contributed by atoms with Crippen molar-refractivity contribution >= 4 is 17.3 Å². The topological polar surface area (TPSA) is 90.7 Å². The Morgan fingerprint density at radius 3 is 2.36 bits per heavy atom. The zero-order valence-corrected chi connectivity index (χ0v) is 14.2. The first-order valence-corrected chi connectivity index (χ1v) is 7.90. The normalized spacial score (nSPS) is 10.2. The second-order valence-electron chi connectivity index (χ2n) is 5.41. The van der Waals surface area contributed by atoms with E-state index in [1.165, 1.54) is 12.1 Å². The molecule has 0 saturated heterocycles. The molecule has 0 saturated carbocycles. The quantitative estimate of drug-likeness (QED) is 0.582. The number of amides is 1. The van der Waals surface area contributed by atoms with E-state index in [1.807, 2.05) is 6.92 Å². The monoisotopic (exact) mass is 344 g/mol. The number of ether oxygens (including phenoxy) is 2. The van der Waals surface area contributed by atoms with E-state index in [2.05, 4.69) is 5.32 Å². The Hall–Kier alpha value is -3.09. The molecule has 7 nitrogen and oxygen atoms in total. The van der Waals surface area contributed by atoms with Gasteiger partial charge in [-0.1, -0.05) is 13.0 Å². The first kappa shape index (κ1) is 18.3. The second kappa shape index (κ2) is 8.68. The number of nitrogens with one attached hydrogen (secondary N) is 1. The van der Waals surface area contributed by atoms with Crippen LogP contribution in [0.5, 0.6) is 11.5 Å². The molecule has 0 aliphatic carbocycles. The third-order valence-corrected chi connectivity index (χ3v) is 3.37. The molecule has 0 spiro atoms. The van der Waals surface area contributed by atoms with Crippen LogP contribution in [0.2, 0.25) is 0 Å². The summed E-state index contributed by atoms with van der Waals surface area (Å²) < 4.78 is 10.9. The van der Waals surface area contributed by atoms with Gasteiger partial charge in [0.25, 0.3) is 11.6 Å². The number of nitro groups is 1. The SMILES string of the molecule is CCCOc1ccc(OCC(=O)Nc2cc([N+](=O)[O-])ccc2C)cc1. The Bertz CT molecular complexity index is 744. The van der Waals surface area contributed by atoms with Crippen molar-refractivity contribution in [2.24, 2.45) is 0 Å². The van der Waals surface area contributed by atoms with E-state index in [4.69, 9.17) is 9.47 Å². The van der Waals surface area contributed by atoms with Crippen LogP contribution in [-0.2, 0) is 4.79 Å². The predicted octanol–water partition coefficient (Wildman–Crippen LogP) is 3.71. The van der Waals surface area contributed by atoms with Crippen LogP contribution >= 0.6 is 0 Å². The number of hydrogen-bond donors (Lipinski definition) is 1. The molecule has 0 heterocycles. The number of hydrogen-bond acceptors (Lipinski definition) is 5. The molecule has 0 aliphatic heterocycles. The summed E-state index contributed by atoms with van der Waals surface area (Å²) in [7, 11) is 0. The van der Waals surface area contributed by atoms with E-state index < -0.39 is 10.8 Å². The number of carbonyl (C=O) groups is 1. The zero-order chi connectivity index (χ0) is 18.2. The van der Waals surface area contributed by atoms with Crippen LogP contribution in [0.1, 0.15) is 18.9 Å². The van der Waals surface area contributed by atoms with Gasteiger partial charge in [0.1, 0.15) is 11.5 Å². The maximum Gasteiger partial charge on any atom is 0.271 e. The Labute approximate surface area is 145 Å². The third-order valence-electron chi connectivity index (χ3n) is 3.37. The zero-order valence-electron chi connectivity index (χ0n) is 14.2. The molecule has 1 N–H and O–H groups in total. The molecule has 0 unspecified atom stereocenters. The Balaban J connectivity index is 1.90. The number of carbonyl (C=O) groups excluding carboxylic acids is 1. The summed E-state index contributed by atoms with van der Waals surface area (Å²) in [5, 5.41) is 13.4. The smallest absolute Gasteiger partial charge is 0.271 e. The van der Waals surface area contributed by atoms with E-state index in [9.17, 15) is 14.9 Å². The van der Waals surface area contributed by atoms with Gasteiger partial charge in [0.2, 0.25) is 0 Å². The molecule has 0 bridgehead atoms. The summed E-state index contributed by atoms with van der Waals surface area (Å²) in [6.45, 7) is 4.23. The van der Waals surface area contributed by atoms with Crippen LogP contribution in [0.3, 0.4) is 0 Å². The van der Waals surface area contributed by atoms with Crippen molar-refractivity contribution in [3.05, 3.63) is 58.1 Å². The lowest BCUT2D eigenvalue weighted by Crippen LogP contribution is -2.20. The summed E-state index contributed by atoms with van der Waals surface area (Å²) in [5.74, 6) is 0.885. The van der Waals surface area contributed by atoms with Gasteiger partial charge in [-0.05, 0) is 43.2 Å². The van der Waals surface area contributed by atoms with Gasteiger partial charge in [0, 0.05) is 12.1 Å². The van der Waals surface area contributed by atoms with Crippen LogP contribution in [0.25, 0.3) is 0 Å². The number of aryl methyl sites for hydroxylation is 1. The molecule has 0 atom stereocenters. The van der Waals surface area contributed by atoms with Gasteiger partial charge in [0.05, 0.1) is 17.2 Å². The van der Waals surface area contributed by atoms with E-state index in [1.54, 1.807) is 37.3 Å². The van der Waals surface area contributed by atoms with Crippen molar-refractivity contribution in [3.63, 3.8) is 0 Å². The maximum absolute atomic E-state index is 12.0. The molecular weight excluding hydrogens is 324 g/mol. The molecule has 7 heteroatoms. The van der Waals surface area contributed by atoms with E-state index in [0.717, 1.165) is 17.7 Å². The van der Waals surface area contributed by atoms with Crippen LogP contribution in [0, 0.1) is 17.0 Å². The van der Waals surface area contributed by atoms with Crippen molar-refractivity contribution in [2.75, 3.05) is 18.5 Å². The number of rotatable bonds is 8. The molecule has 0 aliphatic rings. The Kier molecular flexibility index (Phi) is 6.33. The Morgan fingerprint density at radius 1 is 1.12 bits per heavy atom. The number of nitrogens with zero attached hydrogens (tertiary/aromatic N) is 1. The average molecular weight is 344 g/mol. The predicted molar refractivity (Wildman–Crippen MR) is 94.2 cm³/mol.